The maximum atomic E-state index is 11.9. The molecule has 0 fully saturated rings. The summed E-state index contributed by atoms with van der Waals surface area (Å²) >= 11 is 11.8. The molecule has 0 spiro atoms. The zero-order chi connectivity index (χ0) is 17.4. The number of hydrogen-bond donors (Lipinski definition) is 2. The summed E-state index contributed by atoms with van der Waals surface area (Å²) in [6.45, 7) is 1.10. The third-order valence-corrected chi connectivity index (χ3v) is 3.45. The summed E-state index contributed by atoms with van der Waals surface area (Å²) in [5.41, 5.74) is 0.842. The lowest BCUT2D eigenvalue weighted by atomic mass is 10.3. The van der Waals surface area contributed by atoms with Gasteiger partial charge in [0.15, 0.2) is 6.61 Å². The highest BCUT2D eigenvalue weighted by Crippen LogP contribution is 2.27. The van der Waals surface area contributed by atoms with Crippen molar-refractivity contribution in [2.45, 2.75) is 0 Å². The number of nitrogens with one attached hydrogen (secondary N) is 2. The van der Waals surface area contributed by atoms with Gasteiger partial charge in [-0.1, -0.05) is 23.2 Å². The van der Waals surface area contributed by atoms with Crippen LogP contribution in [0.5, 0.6) is 5.75 Å². The summed E-state index contributed by atoms with van der Waals surface area (Å²) in [5, 5.41) is 6.62. The van der Waals surface area contributed by atoms with Crippen molar-refractivity contribution in [1.82, 2.24) is 4.98 Å². The normalized spacial score (nSPS) is 10.3. The molecular formula is C16H17Cl2N3O3. The zero-order valence-corrected chi connectivity index (χ0v) is 14.5. The van der Waals surface area contributed by atoms with Crippen molar-refractivity contribution in [3.8, 4) is 5.75 Å². The predicted molar refractivity (Wildman–Crippen MR) is 95.2 cm³/mol. The van der Waals surface area contributed by atoms with Crippen molar-refractivity contribution in [2.75, 3.05) is 37.5 Å². The highest BCUT2D eigenvalue weighted by atomic mass is 35.5. The van der Waals surface area contributed by atoms with E-state index in [4.69, 9.17) is 32.7 Å². The Hall–Kier alpha value is -2.02. The van der Waals surface area contributed by atoms with Crippen molar-refractivity contribution < 1.29 is 14.3 Å². The van der Waals surface area contributed by atoms with Crippen LogP contribution in [-0.2, 0) is 9.53 Å². The van der Waals surface area contributed by atoms with E-state index in [1.165, 1.54) is 0 Å². The van der Waals surface area contributed by atoms with Crippen LogP contribution in [0.15, 0.2) is 36.5 Å². The molecule has 2 aromatic rings. The van der Waals surface area contributed by atoms with Gasteiger partial charge in [0.25, 0.3) is 5.91 Å². The van der Waals surface area contributed by atoms with E-state index in [1.807, 2.05) is 6.07 Å². The van der Waals surface area contributed by atoms with Gasteiger partial charge in [-0.3, -0.25) is 4.79 Å². The first-order chi connectivity index (χ1) is 11.6. The molecule has 0 aliphatic rings. The lowest BCUT2D eigenvalue weighted by Gasteiger charge is -2.09. The number of ether oxygens (including phenoxy) is 2. The Morgan fingerprint density at radius 2 is 2.08 bits per heavy atom. The van der Waals surface area contributed by atoms with Gasteiger partial charge in [0.05, 0.1) is 23.5 Å². The zero-order valence-electron chi connectivity index (χ0n) is 13.0. The maximum absolute atomic E-state index is 11.9. The van der Waals surface area contributed by atoms with Crippen LogP contribution in [-0.4, -0.2) is 37.8 Å². The number of carbonyl (C=O) groups excluding carboxylic acids is 1. The first-order valence-corrected chi connectivity index (χ1v) is 7.90. The molecule has 0 saturated carbocycles. The lowest BCUT2D eigenvalue weighted by Crippen LogP contribution is -2.20. The van der Waals surface area contributed by atoms with E-state index in [2.05, 4.69) is 15.6 Å². The van der Waals surface area contributed by atoms with Crippen molar-refractivity contribution in [2.24, 2.45) is 0 Å². The average molecular weight is 370 g/mol. The fraction of sp³-hybridized carbons (Fsp3) is 0.250. The first kappa shape index (κ1) is 18.3. The average Bonchev–Trinajstić information content (AvgIpc) is 2.56. The summed E-state index contributed by atoms with van der Waals surface area (Å²) in [6, 6.07) is 8.30. The van der Waals surface area contributed by atoms with Gasteiger partial charge in [-0.25, -0.2) is 4.98 Å². The number of anilines is 2. The van der Waals surface area contributed by atoms with Crippen LogP contribution in [0.25, 0.3) is 0 Å². The van der Waals surface area contributed by atoms with Crippen LogP contribution in [0.1, 0.15) is 0 Å². The number of nitrogens with zero attached hydrogens (tertiary/aromatic N) is 1. The topological polar surface area (TPSA) is 72.5 Å². The number of carbonyl (C=O) groups is 1. The van der Waals surface area contributed by atoms with Gasteiger partial charge in [-0.2, -0.15) is 0 Å². The van der Waals surface area contributed by atoms with E-state index in [-0.39, 0.29) is 12.5 Å². The molecule has 2 rings (SSSR count). The van der Waals surface area contributed by atoms with Gasteiger partial charge in [-0.15, -0.1) is 0 Å². The highest BCUT2D eigenvalue weighted by Gasteiger charge is 2.07. The van der Waals surface area contributed by atoms with E-state index < -0.39 is 0 Å². The quantitative estimate of drug-likeness (QED) is 0.697. The van der Waals surface area contributed by atoms with Crippen molar-refractivity contribution in [1.29, 1.82) is 0 Å². The number of aromatic nitrogens is 1. The molecule has 0 saturated heterocycles. The number of methoxy groups -OCH3 is 1. The Balaban J connectivity index is 1.81. The standard InChI is InChI=1S/C16H17Cl2N3O3/c1-23-7-6-19-12-3-5-15(20-9-12)21-16(22)10-24-14-4-2-11(17)8-13(14)18/h2-5,8-9,19H,6-7,10H2,1H3,(H,20,21,22). The Labute approximate surface area is 150 Å². The summed E-state index contributed by atoms with van der Waals surface area (Å²) in [7, 11) is 1.64. The first-order valence-electron chi connectivity index (χ1n) is 7.15. The molecule has 2 N–H and O–H groups in total. The van der Waals surface area contributed by atoms with Gasteiger partial charge in [0, 0.05) is 18.7 Å². The van der Waals surface area contributed by atoms with Crippen molar-refractivity contribution >= 4 is 40.6 Å². The Kier molecular flexibility index (Phi) is 7.11. The Morgan fingerprint density at radius 1 is 1.25 bits per heavy atom. The minimum Gasteiger partial charge on any atom is -0.482 e. The molecule has 0 aliphatic heterocycles. The number of benzene rings is 1. The van der Waals surface area contributed by atoms with Crippen LogP contribution in [0.2, 0.25) is 10.0 Å². The van der Waals surface area contributed by atoms with Crippen LogP contribution < -0.4 is 15.4 Å². The predicted octanol–water partition coefficient (Wildman–Crippen LogP) is 3.46. The number of rotatable bonds is 8. The van der Waals surface area contributed by atoms with Crippen LogP contribution in [0.4, 0.5) is 11.5 Å². The van der Waals surface area contributed by atoms with Gasteiger partial charge < -0.3 is 20.1 Å². The maximum Gasteiger partial charge on any atom is 0.263 e. The number of pyridine rings is 1. The molecular weight excluding hydrogens is 353 g/mol. The molecule has 128 valence electrons. The van der Waals surface area contributed by atoms with E-state index in [9.17, 15) is 4.79 Å². The van der Waals surface area contributed by atoms with E-state index in [1.54, 1.807) is 37.6 Å². The van der Waals surface area contributed by atoms with E-state index in [0.717, 1.165) is 5.69 Å². The number of hydrogen-bond acceptors (Lipinski definition) is 5. The second-order valence-corrected chi connectivity index (χ2v) is 5.61. The minimum absolute atomic E-state index is 0.184. The van der Waals surface area contributed by atoms with Gasteiger partial charge in [0.2, 0.25) is 0 Å². The largest absolute Gasteiger partial charge is 0.482 e. The Bertz CT molecular complexity index is 681. The molecule has 0 aliphatic carbocycles. The third-order valence-electron chi connectivity index (χ3n) is 2.92. The molecule has 1 aromatic heterocycles. The third kappa shape index (κ3) is 5.88. The second kappa shape index (κ2) is 9.32. The van der Waals surface area contributed by atoms with Gasteiger partial charge in [-0.05, 0) is 30.3 Å². The molecule has 6 nitrogen and oxygen atoms in total. The van der Waals surface area contributed by atoms with Gasteiger partial charge >= 0.3 is 0 Å². The summed E-state index contributed by atoms with van der Waals surface area (Å²) in [4.78, 5) is 16.0. The molecule has 1 amide bonds. The molecule has 0 unspecified atom stereocenters. The molecule has 0 bridgehead atoms. The number of amides is 1. The summed E-state index contributed by atoms with van der Waals surface area (Å²) in [5.74, 6) is 0.485. The van der Waals surface area contributed by atoms with Crippen LogP contribution in [0, 0.1) is 0 Å². The lowest BCUT2D eigenvalue weighted by molar-refractivity contribution is -0.118. The molecule has 1 heterocycles. The highest BCUT2D eigenvalue weighted by molar-refractivity contribution is 6.35. The van der Waals surface area contributed by atoms with Gasteiger partial charge in [0.1, 0.15) is 11.6 Å². The summed E-state index contributed by atoms with van der Waals surface area (Å²) in [6.07, 6.45) is 1.63. The minimum atomic E-state index is -0.339. The monoisotopic (exact) mass is 369 g/mol. The smallest absolute Gasteiger partial charge is 0.263 e. The van der Waals surface area contributed by atoms with E-state index >= 15 is 0 Å². The molecule has 0 radical (unpaired) electrons. The molecule has 24 heavy (non-hydrogen) atoms. The second-order valence-electron chi connectivity index (χ2n) is 4.76. The SMILES string of the molecule is COCCNc1ccc(NC(=O)COc2ccc(Cl)cc2Cl)nc1. The molecule has 0 atom stereocenters. The molecule has 8 heteroatoms. The fourth-order valence-corrected chi connectivity index (χ4v) is 2.25. The van der Waals surface area contributed by atoms with Crippen LogP contribution >= 0.6 is 23.2 Å². The number of halogens is 2. The van der Waals surface area contributed by atoms with E-state index in [0.29, 0.717) is 34.8 Å². The molecule has 1 aromatic carbocycles. The van der Waals surface area contributed by atoms with Crippen LogP contribution in [0.3, 0.4) is 0 Å². The van der Waals surface area contributed by atoms with Crippen molar-refractivity contribution in [3.05, 3.63) is 46.6 Å². The summed E-state index contributed by atoms with van der Waals surface area (Å²) < 4.78 is 10.3. The Morgan fingerprint density at radius 3 is 2.75 bits per heavy atom. The van der Waals surface area contributed by atoms with Crippen molar-refractivity contribution in [3.63, 3.8) is 0 Å². The fourth-order valence-electron chi connectivity index (χ4n) is 1.78.